The van der Waals surface area contributed by atoms with Crippen LogP contribution in [0.5, 0.6) is 11.5 Å². The first-order valence-corrected chi connectivity index (χ1v) is 8.46. The van der Waals surface area contributed by atoms with Gasteiger partial charge in [0, 0.05) is 13.1 Å². The van der Waals surface area contributed by atoms with Crippen molar-refractivity contribution in [1.29, 1.82) is 0 Å². The molecular weight excluding hydrogens is 326 g/mol. The molecule has 0 saturated carbocycles. The zero-order valence-corrected chi connectivity index (χ0v) is 15.2. The highest BCUT2D eigenvalue weighted by Gasteiger charge is 2.15. The van der Waals surface area contributed by atoms with Crippen molar-refractivity contribution < 1.29 is 29.2 Å². The van der Waals surface area contributed by atoms with E-state index in [9.17, 15) is 9.90 Å². The standard InChI is InChI=1S/C18H29NO6/c1-4-5-8-19(9-10-20)12-15(21)13-25-16-7-6-14(18(22)24-3)11-17(16)23-2/h6-7,11,15,20-21H,4-5,8-10,12-13H2,1-3H3/t15-/m0/s1. The molecule has 7 nitrogen and oxygen atoms in total. The number of aliphatic hydroxyl groups is 2. The van der Waals surface area contributed by atoms with Gasteiger partial charge in [-0.25, -0.2) is 4.79 Å². The summed E-state index contributed by atoms with van der Waals surface area (Å²) in [5, 5.41) is 19.3. The summed E-state index contributed by atoms with van der Waals surface area (Å²) in [6.45, 7) is 4.01. The van der Waals surface area contributed by atoms with Crippen LogP contribution in [-0.2, 0) is 4.74 Å². The second-order valence-corrected chi connectivity index (χ2v) is 5.70. The summed E-state index contributed by atoms with van der Waals surface area (Å²) in [6.07, 6.45) is 1.36. The van der Waals surface area contributed by atoms with Crippen molar-refractivity contribution in [1.82, 2.24) is 4.90 Å². The first-order chi connectivity index (χ1) is 12.0. The lowest BCUT2D eigenvalue weighted by Crippen LogP contribution is -2.37. The predicted octanol–water partition coefficient (Wildman–Crippen LogP) is 1.32. The molecule has 0 radical (unpaired) electrons. The molecule has 2 N–H and O–H groups in total. The number of unbranched alkanes of at least 4 members (excludes halogenated alkanes) is 1. The predicted molar refractivity (Wildman–Crippen MR) is 94.3 cm³/mol. The molecule has 0 aliphatic rings. The van der Waals surface area contributed by atoms with Crippen molar-refractivity contribution >= 4 is 5.97 Å². The number of benzene rings is 1. The summed E-state index contributed by atoms with van der Waals surface area (Å²) in [4.78, 5) is 13.6. The molecule has 142 valence electrons. The molecule has 1 aromatic carbocycles. The highest BCUT2D eigenvalue weighted by Crippen LogP contribution is 2.28. The number of aliphatic hydroxyl groups excluding tert-OH is 2. The summed E-state index contributed by atoms with van der Waals surface area (Å²) in [6, 6.07) is 4.72. The normalized spacial score (nSPS) is 12.1. The Labute approximate surface area is 149 Å². The van der Waals surface area contributed by atoms with Gasteiger partial charge in [-0.1, -0.05) is 13.3 Å². The van der Waals surface area contributed by atoms with Crippen LogP contribution in [0.1, 0.15) is 30.1 Å². The van der Waals surface area contributed by atoms with Gasteiger partial charge in [0.15, 0.2) is 11.5 Å². The molecule has 0 fully saturated rings. The van der Waals surface area contributed by atoms with E-state index in [-0.39, 0.29) is 13.2 Å². The molecule has 0 aliphatic heterocycles. The number of esters is 1. The molecule has 0 amide bonds. The molecular formula is C18H29NO6. The van der Waals surface area contributed by atoms with E-state index in [0.717, 1.165) is 19.4 Å². The van der Waals surface area contributed by atoms with E-state index in [1.165, 1.54) is 20.3 Å². The van der Waals surface area contributed by atoms with Crippen LogP contribution < -0.4 is 9.47 Å². The van der Waals surface area contributed by atoms with Crippen molar-refractivity contribution in [3.05, 3.63) is 23.8 Å². The van der Waals surface area contributed by atoms with Crippen LogP contribution in [-0.4, -0.2) is 74.3 Å². The highest BCUT2D eigenvalue weighted by molar-refractivity contribution is 5.90. The topological polar surface area (TPSA) is 88.5 Å². The monoisotopic (exact) mass is 355 g/mol. The lowest BCUT2D eigenvalue weighted by atomic mass is 10.2. The molecule has 7 heteroatoms. The molecule has 25 heavy (non-hydrogen) atoms. The Morgan fingerprint density at radius 2 is 2.00 bits per heavy atom. The first-order valence-electron chi connectivity index (χ1n) is 8.46. The third-order valence-electron chi connectivity index (χ3n) is 3.73. The van der Waals surface area contributed by atoms with Gasteiger partial charge >= 0.3 is 5.97 Å². The van der Waals surface area contributed by atoms with Gasteiger partial charge in [0.25, 0.3) is 0 Å². The second-order valence-electron chi connectivity index (χ2n) is 5.70. The van der Waals surface area contributed by atoms with Crippen molar-refractivity contribution in [2.45, 2.75) is 25.9 Å². The van der Waals surface area contributed by atoms with Gasteiger partial charge in [0.05, 0.1) is 26.4 Å². The van der Waals surface area contributed by atoms with Gasteiger partial charge in [-0.3, -0.25) is 4.90 Å². The fourth-order valence-electron chi connectivity index (χ4n) is 2.39. The third kappa shape index (κ3) is 7.29. The van der Waals surface area contributed by atoms with Crippen molar-refractivity contribution in [3.8, 4) is 11.5 Å². The van der Waals surface area contributed by atoms with E-state index in [1.807, 2.05) is 4.90 Å². The van der Waals surface area contributed by atoms with E-state index < -0.39 is 12.1 Å². The second kappa shape index (κ2) is 11.7. The minimum absolute atomic E-state index is 0.0557. The van der Waals surface area contributed by atoms with Gasteiger partial charge in [0.2, 0.25) is 0 Å². The Balaban J connectivity index is 2.62. The maximum absolute atomic E-state index is 11.5. The number of rotatable bonds is 12. The lowest BCUT2D eigenvalue weighted by molar-refractivity contribution is 0.0589. The van der Waals surface area contributed by atoms with Crippen LogP contribution >= 0.6 is 0 Å². The van der Waals surface area contributed by atoms with Gasteiger partial charge in [0.1, 0.15) is 12.7 Å². The van der Waals surface area contributed by atoms with E-state index >= 15 is 0 Å². The Morgan fingerprint density at radius 3 is 2.60 bits per heavy atom. The molecule has 0 aliphatic carbocycles. The zero-order valence-electron chi connectivity index (χ0n) is 15.2. The number of hydrogen-bond acceptors (Lipinski definition) is 7. The van der Waals surface area contributed by atoms with Crippen LogP contribution in [0.2, 0.25) is 0 Å². The van der Waals surface area contributed by atoms with E-state index in [1.54, 1.807) is 12.1 Å². The minimum Gasteiger partial charge on any atom is -0.493 e. The summed E-state index contributed by atoms with van der Waals surface area (Å²) >= 11 is 0. The Kier molecular flexibility index (Phi) is 9.91. The van der Waals surface area contributed by atoms with Crippen LogP contribution in [0.15, 0.2) is 18.2 Å². The molecule has 1 aromatic rings. The lowest BCUT2D eigenvalue weighted by Gasteiger charge is -2.24. The van der Waals surface area contributed by atoms with Crippen molar-refractivity contribution in [2.24, 2.45) is 0 Å². The Hall–Kier alpha value is -1.83. The Bertz CT molecular complexity index is 522. The SMILES string of the molecule is CCCCN(CCO)C[C@H](O)COc1ccc(C(=O)OC)cc1OC. The van der Waals surface area contributed by atoms with Crippen molar-refractivity contribution in [3.63, 3.8) is 0 Å². The molecule has 0 bridgehead atoms. The average Bonchev–Trinajstić information content (AvgIpc) is 2.63. The molecule has 0 saturated heterocycles. The average molecular weight is 355 g/mol. The number of carbonyl (C=O) groups excluding carboxylic acids is 1. The number of methoxy groups -OCH3 is 2. The van der Waals surface area contributed by atoms with Crippen LogP contribution in [0.3, 0.4) is 0 Å². The fraction of sp³-hybridized carbons (Fsp3) is 0.611. The summed E-state index contributed by atoms with van der Waals surface area (Å²) in [5.41, 5.74) is 0.362. The van der Waals surface area contributed by atoms with E-state index in [4.69, 9.17) is 14.6 Å². The first kappa shape index (κ1) is 21.2. The number of nitrogens with zero attached hydrogens (tertiary/aromatic N) is 1. The maximum atomic E-state index is 11.5. The molecule has 1 atom stereocenters. The van der Waals surface area contributed by atoms with Crippen molar-refractivity contribution in [2.75, 3.05) is 47.1 Å². The van der Waals surface area contributed by atoms with E-state index in [2.05, 4.69) is 11.7 Å². The molecule has 0 spiro atoms. The smallest absolute Gasteiger partial charge is 0.337 e. The summed E-state index contributed by atoms with van der Waals surface area (Å²) < 4.78 is 15.5. The summed E-state index contributed by atoms with van der Waals surface area (Å²) in [7, 11) is 2.79. The van der Waals surface area contributed by atoms with Gasteiger partial charge in [-0.2, -0.15) is 0 Å². The largest absolute Gasteiger partial charge is 0.493 e. The fourth-order valence-corrected chi connectivity index (χ4v) is 2.39. The number of carbonyl (C=O) groups is 1. The quantitative estimate of drug-likeness (QED) is 0.547. The van der Waals surface area contributed by atoms with Gasteiger partial charge < -0.3 is 24.4 Å². The molecule has 1 rings (SSSR count). The van der Waals surface area contributed by atoms with Crippen LogP contribution in [0, 0.1) is 0 Å². The van der Waals surface area contributed by atoms with Gasteiger partial charge in [-0.15, -0.1) is 0 Å². The van der Waals surface area contributed by atoms with Crippen LogP contribution in [0.25, 0.3) is 0 Å². The van der Waals surface area contributed by atoms with Crippen LogP contribution in [0.4, 0.5) is 0 Å². The zero-order chi connectivity index (χ0) is 18.7. The third-order valence-corrected chi connectivity index (χ3v) is 3.73. The minimum atomic E-state index is -0.701. The Morgan fingerprint density at radius 1 is 1.24 bits per heavy atom. The number of ether oxygens (including phenoxy) is 3. The maximum Gasteiger partial charge on any atom is 0.337 e. The number of hydrogen-bond donors (Lipinski definition) is 2. The molecule has 0 aromatic heterocycles. The van der Waals surface area contributed by atoms with E-state index in [0.29, 0.717) is 30.2 Å². The van der Waals surface area contributed by atoms with Gasteiger partial charge in [-0.05, 0) is 31.2 Å². The highest BCUT2D eigenvalue weighted by atomic mass is 16.5. The summed E-state index contributed by atoms with van der Waals surface area (Å²) in [5.74, 6) is 0.380. The molecule has 0 unspecified atom stereocenters. The molecule has 0 heterocycles.